The Morgan fingerprint density at radius 2 is 2.11 bits per heavy atom. The summed E-state index contributed by atoms with van der Waals surface area (Å²) in [6.45, 7) is 1.75. The lowest BCUT2D eigenvalue weighted by molar-refractivity contribution is -0.140. The second kappa shape index (κ2) is 5.00. The zero-order valence-electron chi connectivity index (χ0n) is 10.2. The summed E-state index contributed by atoms with van der Waals surface area (Å²) < 4.78 is 9.81. The van der Waals surface area contributed by atoms with Crippen LogP contribution in [0.5, 0.6) is 0 Å². The summed E-state index contributed by atoms with van der Waals surface area (Å²) in [6, 6.07) is 5.05. The summed E-state index contributed by atoms with van der Waals surface area (Å²) in [7, 11) is 1.30. The standard InChI is InChI=1S/C13H13NO4/c1-8-14-10-7-9(3-5-12(10)18-8)11(15)4-6-13(16)17-2/h3,5,7H,4,6H2,1-2H3. The quantitative estimate of drug-likeness (QED) is 0.612. The van der Waals surface area contributed by atoms with Gasteiger partial charge in [0.15, 0.2) is 17.3 Å². The lowest BCUT2D eigenvalue weighted by atomic mass is 10.1. The Morgan fingerprint density at radius 1 is 1.33 bits per heavy atom. The summed E-state index contributed by atoms with van der Waals surface area (Å²) in [5.74, 6) is 0.0637. The van der Waals surface area contributed by atoms with Crippen molar-refractivity contribution in [3.8, 4) is 0 Å². The lowest BCUT2D eigenvalue weighted by Gasteiger charge is -2.00. The van der Waals surface area contributed by atoms with E-state index in [-0.39, 0.29) is 24.6 Å². The Hall–Kier alpha value is -2.17. The second-order valence-corrected chi connectivity index (χ2v) is 3.91. The number of oxazole rings is 1. The molecule has 0 saturated carbocycles. The van der Waals surface area contributed by atoms with E-state index in [9.17, 15) is 9.59 Å². The van der Waals surface area contributed by atoms with E-state index in [1.165, 1.54) is 7.11 Å². The number of hydrogen-bond acceptors (Lipinski definition) is 5. The molecule has 2 aromatic rings. The van der Waals surface area contributed by atoms with Crippen LogP contribution in [0.25, 0.3) is 11.1 Å². The van der Waals surface area contributed by atoms with E-state index in [0.717, 1.165) is 0 Å². The van der Waals surface area contributed by atoms with Crippen molar-refractivity contribution < 1.29 is 18.7 Å². The monoisotopic (exact) mass is 247 g/mol. The number of carbonyl (C=O) groups is 2. The van der Waals surface area contributed by atoms with Gasteiger partial charge in [-0.3, -0.25) is 9.59 Å². The molecule has 5 nitrogen and oxygen atoms in total. The van der Waals surface area contributed by atoms with Crippen LogP contribution in [0, 0.1) is 6.92 Å². The van der Waals surface area contributed by atoms with Crippen molar-refractivity contribution in [2.75, 3.05) is 7.11 Å². The van der Waals surface area contributed by atoms with Gasteiger partial charge in [-0.2, -0.15) is 0 Å². The molecule has 0 fully saturated rings. The maximum Gasteiger partial charge on any atom is 0.305 e. The van der Waals surface area contributed by atoms with Gasteiger partial charge in [-0.15, -0.1) is 0 Å². The van der Waals surface area contributed by atoms with E-state index in [0.29, 0.717) is 22.6 Å². The molecular formula is C13H13NO4. The van der Waals surface area contributed by atoms with Gasteiger partial charge in [0.2, 0.25) is 0 Å². The third-order valence-corrected chi connectivity index (χ3v) is 2.60. The minimum absolute atomic E-state index is 0.0885. The SMILES string of the molecule is COC(=O)CCC(=O)c1ccc2oc(C)nc2c1. The zero-order valence-corrected chi connectivity index (χ0v) is 10.2. The molecule has 1 aromatic carbocycles. The molecule has 0 N–H and O–H groups in total. The van der Waals surface area contributed by atoms with Crippen LogP contribution in [0.2, 0.25) is 0 Å². The smallest absolute Gasteiger partial charge is 0.305 e. The molecule has 18 heavy (non-hydrogen) atoms. The number of ether oxygens (including phenoxy) is 1. The van der Waals surface area contributed by atoms with E-state index in [1.54, 1.807) is 25.1 Å². The molecule has 0 bridgehead atoms. The highest BCUT2D eigenvalue weighted by atomic mass is 16.5. The molecule has 5 heteroatoms. The van der Waals surface area contributed by atoms with Crippen LogP contribution in [-0.2, 0) is 9.53 Å². The number of esters is 1. The Bertz CT molecular complexity index is 600. The number of aromatic nitrogens is 1. The number of aryl methyl sites for hydroxylation is 1. The van der Waals surface area contributed by atoms with Crippen molar-refractivity contribution in [2.45, 2.75) is 19.8 Å². The molecule has 1 heterocycles. The molecule has 1 aromatic heterocycles. The van der Waals surface area contributed by atoms with Crippen LogP contribution in [0.15, 0.2) is 22.6 Å². The van der Waals surface area contributed by atoms with Crippen molar-refractivity contribution >= 4 is 22.9 Å². The predicted molar refractivity (Wildman–Crippen MR) is 64.3 cm³/mol. The van der Waals surface area contributed by atoms with Crippen molar-refractivity contribution in [1.29, 1.82) is 0 Å². The van der Waals surface area contributed by atoms with Gasteiger partial charge >= 0.3 is 5.97 Å². The number of ketones is 1. The van der Waals surface area contributed by atoms with Gasteiger partial charge in [-0.05, 0) is 18.2 Å². The predicted octanol–water partition coefficient (Wildman–Crippen LogP) is 2.27. The van der Waals surface area contributed by atoms with Crippen molar-refractivity contribution in [3.63, 3.8) is 0 Å². The van der Waals surface area contributed by atoms with Gasteiger partial charge in [0, 0.05) is 18.9 Å². The van der Waals surface area contributed by atoms with Gasteiger partial charge in [0.1, 0.15) is 5.52 Å². The summed E-state index contributed by atoms with van der Waals surface area (Å²) in [5, 5.41) is 0. The molecule has 0 unspecified atom stereocenters. The number of nitrogens with zero attached hydrogens (tertiary/aromatic N) is 1. The molecule has 0 atom stereocenters. The Balaban J connectivity index is 2.15. The number of methoxy groups -OCH3 is 1. The minimum atomic E-state index is -0.387. The normalized spacial score (nSPS) is 10.6. The third-order valence-electron chi connectivity index (χ3n) is 2.60. The molecule has 0 amide bonds. The minimum Gasteiger partial charge on any atom is -0.469 e. The lowest BCUT2D eigenvalue weighted by Crippen LogP contribution is -2.05. The Morgan fingerprint density at radius 3 is 2.83 bits per heavy atom. The van der Waals surface area contributed by atoms with Gasteiger partial charge in [0.05, 0.1) is 13.5 Å². The Kier molecular flexibility index (Phi) is 3.41. The van der Waals surface area contributed by atoms with Crippen LogP contribution in [0.1, 0.15) is 29.1 Å². The fourth-order valence-corrected chi connectivity index (χ4v) is 1.68. The highest BCUT2D eigenvalue weighted by Crippen LogP contribution is 2.18. The molecule has 0 aliphatic rings. The number of Topliss-reactive ketones (excluding diaryl/α,β-unsaturated/α-hetero) is 1. The van der Waals surface area contributed by atoms with Crippen LogP contribution in [0.4, 0.5) is 0 Å². The van der Waals surface area contributed by atoms with E-state index in [2.05, 4.69) is 9.72 Å². The number of benzene rings is 1. The highest BCUT2D eigenvalue weighted by molar-refractivity contribution is 5.99. The second-order valence-electron chi connectivity index (χ2n) is 3.91. The molecule has 0 radical (unpaired) electrons. The number of carbonyl (C=O) groups excluding carboxylic acids is 2. The van der Waals surface area contributed by atoms with Gasteiger partial charge in [-0.25, -0.2) is 4.98 Å². The molecular weight excluding hydrogens is 234 g/mol. The molecule has 0 spiro atoms. The zero-order chi connectivity index (χ0) is 13.1. The maximum absolute atomic E-state index is 11.8. The first-order valence-corrected chi connectivity index (χ1v) is 5.57. The fraction of sp³-hybridized carbons (Fsp3) is 0.308. The molecule has 0 saturated heterocycles. The number of hydrogen-bond donors (Lipinski definition) is 0. The largest absolute Gasteiger partial charge is 0.469 e. The van der Waals surface area contributed by atoms with Crippen LogP contribution >= 0.6 is 0 Å². The fourth-order valence-electron chi connectivity index (χ4n) is 1.68. The summed E-state index contributed by atoms with van der Waals surface area (Å²) in [4.78, 5) is 27.0. The average molecular weight is 247 g/mol. The van der Waals surface area contributed by atoms with E-state index in [1.807, 2.05) is 0 Å². The first kappa shape index (κ1) is 12.3. The summed E-state index contributed by atoms with van der Waals surface area (Å²) in [6.07, 6.45) is 0.222. The van der Waals surface area contributed by atoms with Gasteiger partial charge in [-0.1, -0.05) is 0 Å². The van der Waals surface area contributed by atoms with E-state index >= 15 is 0 Å². The first-order chi connectivity index (χ1) is 8.60. The Labute approximate surface area is 104 Å². The van der Waals surface area contributed by atoms with Crippen molar-refractivity contribution in [3.05, 3.63) is 29.7 Å². The van der Waals surface area contributed by atoms with E-state index in [4.69, 9.17) is 4.42 Å². The highest BCUT2D eigenvalue weighted by Gasteiger charge is 2.11. The molecule has 94 valence electrons. The van der Waals surface area contributed by atoms with Crippen LogP contribution < -0.4 is 0 Å². The van der Waals surface area contributed by atoms with Gasteiger partial charge < -0.3 is 9.15 Å². The molecule has 0 aliphatic heterocycles. The third kappa shape index (κ3) is 2.56. The van der Waals surface area contributed by atoms with Crippen LogP contribution in [-0.4, -0.2) is 23.8 Å². The summed E-state index contributed by atoms with van der Waals surface area (Å²) >= 11 is 0. The number of rotatable bonds is 4. The van der Waals surface area contributed by atoms with Gasteiger partial charge in [0.25, 0.3) is 0 Å². The number of fused-ring (bicyclic) bond motifs is 1. The van der Waals surface area contributed by atoms with Crippen LogP contribution in [0.3, 0.4) is 0 Å². The average Bonchev–Trinajstić information content (AvgIpc) is 2.74. The molecule has 2 rings (SSSR count). The van der Waals surface area contributed by atoms with Crippen molar-refractivity contribution in [1.82, 2.24) is 4.98 Å². The first-order valence-electron chi connectivity index (χ1n) is 5.57. The summed E-state index contributed by atoms with van der Waals surface area (Å²) in [5.41, 5.74) is 1.83. The maximum atomic E-state index is 11.8. The topological polar surface area (TPSA) is 69.4 Å². The molecule has 0 aliphatic carbocycles. The van der Waals surface area contributed by atoms with E-state index < -0.39 is 0 Å². The van der Waals surface area contributed by atoms with Crippen molar-refractivity contribution in [2.24, 2.45) is 0 Å².